The average Bonchev–Trinajstić information content (AvgIpc) is 2.99. The van der Waals surface area contributed by atoms with E-state index in [0.717, 1.165) is 29.9 Å². The first-order chi connectivity index (χ1) is 12.3. The van der Waals surface area contributed by atoms with E-state index in [2.05, 4.69) is 17.0 Å². The number of nitrogens with one attached hydrogen (secondary N) is 1. The Kier molecular flexibility index (Phi) is 4.84. The van der Waals surface area contributed by atoms with E-state index in [1.165, 1.54) is 18.2 Å². The SMILES string of the molecule is C=CC(=O)NCC1CC2=C([CH]N=[N+]2C)N(c2ccc(C(F)(F)F)cc2)C1. The van der Waals surface area contributed by atoms with Crippen LogP contribution in [0.5, 0.6) is 0 Å². The summed E-state index contributed by atoms with van der Waals surface area (Å²) in [6, 6.07) is 5.08. The van der Waals surface area contributed by atoms with Gasteiger partial charge in [0.15, 0.2) is 13.6 Å². The minimum Gasteiger partial charge on any atom is -0.352 e. The van der Waals surface area contributed by atoms with Crippen LogP contribution in [-0.2, 0) is 11.0 Å². The van der Waals surface area contributed by atoms with Crippen molar-refractivity contribution >= 4 is 11.6 Å². The number of carbonyl (C=O) groups is 1. The first-order valence-electron chi connectivity index (χ1n) is 8.15. The van der Waals surface area contributed by atoms with Crippen LogP contribution in [0.4, 0.5) is 18.9 Å². The minimum absolute atomic E-state index is 0.101. The maximum atomic E-state index is 12.8. The first-order valence-corrected chi connectivity index (χ1v) is 8.15. The fraction of sp³-hybridized carbons (Fsp3) is 0.333. The van der Waals surface area contributed by atoms with E-state index in [-0.39, 0.29) is 11.8 Å². The van der Waals surface area contributed by atoms with E-state index >= 15 is 0 Å². The number of benzene rings is 1. The van der Waals surface area contributed by atoms with Gasteiger partial charge in [-0.05, 0) is 35.5 Å². The molecule has 1 aromatic rings. The van der Waals surface area contributed by atoms with Crippen molar-refractivity contribution in [2.45, 2.75) is 12.6 Å². The summed E-state index contributed by atoms with van der Waals surface area (Å²) >= 11 is 0. The van der Waals surface area contributed by atoms with Gasteiger partial charge in [-0.2, -0.15) is 13.2 Å². The lowest BCUT2D eigenvalue weighted by Crippen LogP contribution is -2.40. The lowest BCUT2D eigenvalue weighted by atomic mass is 9.95. The molecule has 8 heteroatoms. The summed E-state index contributed by atoms with van der Waals surface area (Å²) < 4.78 is 40.2. The molecular weight excluding hydrogens is 345 g/mol. The predicted octanol–water partition coefficient (Wildman–Crippen LogP) is 3.32. The maximum absolute atomic E-state index is 12.8. The molecule has 0 aliphatic carbocycles. The lowest BCUT2D eigenvalue weighted by molar-refractivity contribution is -0.512. The van der Waals surface area contributed by atoms with E-state index in [1.807, 2.05) is 11.9 Å². The number of carbonyl (C=O) groups excluding carboxylic acids is 1. The molecule has 3 rings (SSSR count). The first kappa shape index (κ1) is 18.2. The topological polar surface area (TPSA) is 47.7 Å². The van der Waals surface area contributed by atoms with Crippen LogP contribution in [0.15, 0.2) is 53.4 Å². The molecule has 2 aliphatic rings. The summed E-state index contributed by atoms with van der Waals surface area (Å²) in [4.78, 5) is 13.4. The molecular formula is C18H19F3N4O+. The zero-order valence-corrected chi connectivity index (χ0v) is 14.3. The second-order valence-electron chi connectivity index (χ2n) is 6.27. The van der Waals surface area contributed by atoms with Crippen LogP contribution in [0.2, 0.25) is 0 Å². The highest BCUT2D eigenvalue weighted by Gasteiger charge is 2.38. The van der Waals surface area contributed by atoms with Crippen LogP contribution in [0.25, 0.3) is 0 Å². The Bertz CT molecular complexity index is 781. The molecule has 1 aromatic carbocycles. The molecule has 0 saturated carbocycles. The van der Waals surface area contributed by atoms with Crippen molar-refractivity contribution in [3.63, 3.8) is 0 Å². The van der Waals surface area contributed by atoms with Gasteiger partial charge in [-0.1, -0.05) is 11.3 Å². The van der Waals surface area contributed by atoms with E-state index < -0.39 is 11.7 Å². The van der Waals surface area contributed by atoms with Crippen molar-refractivity contribution in [2.24, 2.45) is 11.0 Å². The molecule has 0 bridgehead atoms. The van der Waals surface area contributed by atoms with Crippen molar-refractivity contribution in [3.8, 4) is 0 Å². The van der Waals surface area contributed by atoms with Gasteiger partial charge in [0, 0.05) is 31.1 Å². The van der Waals surface area contributed by atoms with Gasteiger partial charge in [0.1, 0.15) is 5.70 Å². The van der Waals surface area contributed by atoms with Gasteiger partial charge in [0.05, 0.1) is 5.56 Å². The molecule has 1 radical (unpaired) electrons. The summed E-state index contributed by atoms with van der Waals surface area (Å²) in [5.74, 6) is -0.147. The van der Waals surface area contributed by atoms with E-state index in [0.29, 0.717) is 18.8 Å². The zero-order chi connectivity index (χ0) is 18.9. The highest BCUT2D eigenvalue weighted by atomic mass is 19.4. The number of halogens is 3. The minimum atomic E-state index is -4.36. The lowest BCUT2D eigenvalue weighted by Gasteiger charge is -2.33. The highest BCUT2D eigenvalue weighted by molar-refractivity contribution is 5.86. The molecule has 0 spiro atoms. The number of allylic oxidation sites excluding steroid dienone is 1. The number of alkyl halides is 3. The summed E-state index contributed by atoms with van der Waals surface area (Å²) in [5, 5.41) is 7.05. The van der Waals surface area contributed by atoms with Crippen molar-refractivity contribution in [2.75, 3.05) is 25.0 Å². The largest absolute Gasteiger partial charge is 0.416 e. The monoisotopic (exact) mass is 364 g/mol. The summed E-state index contributed by atoms with van der Waals surface area (Å²) in [6.45, 7) is 6.16. The molecule has 26 heavy (non-hydrogen) atoms. The quantitative estimate of drug-likeness (QED) is 0.658. The standard InChI is InChI=1S/C18H18F3N4O/c1-3-17(26)22-9-12-8-15-16(10-23-24(15)2)25(11-12)14-6-4-13(5-7-14)18(19,20)21/h3-7,10,12H,1,8-9,11H2,2H3/p+1. The molecule has 5 nitrogen and oxygen atoms in total. The molecule has 0 aromatic heterocycles. The Hall–Kier alpha value is -2.64. The number of azo groups is 2. The normalized spacial score (nSPS) is 19.9. The smallest absolute Gasteiger partial charge is 0.352 e. The molecule has 137 valence electrons. The van der Waals surface area contributed by atoms with Crippen molar-refractivity contribution < 1.29 is 22.7 Å². The van der Waals surface area contributed by atoms with Gasteiger partial charge in [0.2, 0.25) is 11.6 Å². The number of amides is 1. The number of hydrogen-bond donors (Lipinski definition) is 1. The van der Waals surface area contributed by atoms with Crippen molar-refractivity contribution in [1.82, 2.24) is 5.32 Å². The second kappa shape index (κ2) is 6.93. The second-order valence-corrected chi connectivity index (χ2v) is 6.27. The van der Waals surface area contributed by atoms with E-state index in [9.17, 15) is 18.0 Å². The van der Waals surface area contributed by atoms with E-state index in [4.69, 9.17) is 0 Å². The van der Waals surface area contributed by atoms with Crippen LogP contribution < -0.4 is 10.2 Å². The van der Waals surface area contributed by atoms with E-state index in [1.54, 1.807) is 11.2 Å². The maximum Gasteiger partial charge on any atom is 0.416 e. The van der Waals surface area contributed by atoms with Crippen molar-refractivity contribution in [3.05, 3.63) is 60.4 Å². The van der Waals surface area contributed by atoms with Crippen LogP contribution in [0.3, 0.4) is 0 Å². The summed E-state index contributed by atoms with van der Waals surface area (Å²) in [7, 11) is 1.83. The predicted molar refractivity (Wildman–Crippen MR) is 90.0 cm³/mol. The molecule has 1 atom stereocenters. The highest BCUT2D eigenvalue weighted by Crippen LogP contribution is 2.37. The number of anilines is 1. The third-order valence-corrected chi connectivity index (χ3v) is 4.51. The van der Waals surface area contributed by atoms with Gasteiger partial charge in [-0.15, -0.1) is 0 Å². The van der Waals surface area contributed by atoms with Crippen LogP contribution in [-0.4, -0.2) is 30.7 Å². The Labute approximate surface area is 149 Å². The van der Waals surface area contributed by atoms with Gasteiger partial charge < -0.3 is 10.2 Å². The molecule has 2 aliphatic heterocycles. The molecule has 0 fully saturated rings. The average molecular weight is 364 g/mol. The zero-order valence-electron chi connectivity index (χ0n) is 14.3. The molecule has 1 N–H and O–H groups in total. The Morgan fingerprint density at radius 2 is 2.12 bits per heavy atom. The Morgan fingerprint density at radius 1 is 1.42 bits per heavy atom. The van der Waals surface area contributed by atoms with Crippen LogP contribution >= 0.6 is 0 Å². The molecule has 1 amide bonds. The third kappa shape index (κ3) is 3.63. The van der Waals surface area contributed by atoms with Gasteiger partial charge >= 0.3 is 6.18 Å². The Balaban J connectivity index is 1.84. The van der Waals surface area contributed by atoms with Crippen molar-refractivity contribution in [1.29, 1.82) is 0 Å². The van der Waals surface area contributed by atoms with Gasteiger partial charge in [-0.3, -0.25) is 4.79 Å². The molecule has 2 heterocycles. The van der Waals surface area contributed by atoms with Gasteiger partial charge in [0.25, 0.3) is 0 Å². The van der Waals surface area contributed by atoms with Crippen LogP contribution in [0, 0.1) is 12.5 Å². The number of hydrogen-bond acceptors (Lipinski definition) is 3. The number of nitrogens with zero attached hydrogens (tertiary/aromatic N) is 3. The molecule has 1 unspecified atom stereocenters. The number of rotatable bonds is 4. The molecule has 0 saturated heterocycles. The fourth-order valence-electron chi connectivity index (χ4n) is 3.14. The third-order valence-electron chi connectivity index (χ3n) is 4.51. The fourth-order valence-corrected chi connectivity index (χ4v) is 3.14. The van der Waals surface area contributed by atoms with Gasteiger partial charge in [-0.25, -0.2) is 0 Å². The van der Waals surface area contributed by atoms with Crippen LogP contribution in [0.1, 0.15) is 12.0 Å². The summed E-state index contributed by atoms with van der Waals surface area (Å²) in [5.41, 5.74) is 1.83. The Morgan fingerprint density at radius 3 is 2.73 bits per heavy atom. The summed E-state index contributed by atoms with van der Waals surface area (Å²) in [6.07, 6.45) is -2.43.